The zero-order valence-electron chi connectivity index (χ0n) is 22.1. The number of rotatable bonds is 11. The first-order valence-electron chi connectivity index (χ1n) is 11.7. The monoisotopic (exact) mass is 532 g/mol. The Balaban J connectivity index is 0.00000112. The van der Waals surface area contributed by atoms with Gasteiger partial charge < -0.3 is 19.9 Å². The summed E-state index contributed by atoms with van der Waals surface area (Å²) >= 11 is 0. The van der Waals surface area contributed by atoms with Gasteiger partial charge in [-0.25, -0.2) is 8.42 Å². The fourth-order valence-electron chi connectivity index (χ4n) is 3.52. The second kappa shape index (κ2) is 13.8. The van der Waals surface area contributed by atoms with Crippen LogP contribution in [-0.4, -0.2) is 54.8 Å². The molecular formula is C26H36N4O6S. The van der Waals surface area contributed by atoms with E-state index < -0.39 is 16.0 Å². The van der Waals surface area contributed by atoms with E-state index in [9.17, 15) is 8.42 Å². The van der Waals surface area contributed by atoms with Crippen LogP contribution in [0.5, 0.6) is 11.5 Å². The van der Waals surface area contributed by atoms with Gasteiger partial charge in [-0.05, 0) is 56.3 Å². The van der Waals surface area contributed by atoms with Crippen molar-refractivity contribution >= 4 is 16.0 Å². The number of nitrogens with one attached hydrogen (secondary N) is 1. The van der Waals surface area contributed by atoms with E-state index in [1.54, 1.807) is 25.0 Å². The van der Waals surface area contributed by atoms with E-state index in [1.807, 2.05) is 69.4 Å². The molecule has 0 saturated carbocycles. The maximum atomic E-state index is 13.8. The van der Waals surface area contributed by atoms with Gasteiger partial charge in [0.15, 0.2) is 5.03 Å². The zero-order chi connectivity index (χ0) is 27.6. The van der Waals surface area contributed by atoms with E-state index in [1.165, 1.54) is 4.31 Å². The lowest BCUT2D eigenvalue weighted by Crippen LogP contribution is -2.30. The number of carboxylic acid groups (broad SMARTS) is 1. The van der Waals surface area contributed by atoms with Crippen molar-refractivity contribution in [1.29, 1.82) is 0 Å². The molecule has 2 aromatic carbocycles. The molecule has 0 fully saturated rings. The number of hydrogen-bond acceptors (Lipinski definition) is 7. The quantitative estimate of drug-likeness (QED) is 0.383. The van der Waals surface area contributed by atoms with Crippen LogP contribution in [0.1, 0.15) is 43.6 Å². The van der Waals surface area contributed by atoms with Gasteiger partial charge in [0.05, 0.1) is 19.9 Å². The Morgan fingerprint density at radius 3 is 1.78 bits per heavy atom. The molecule has 0 unspecified atom stereocenters. The molecule has 0 radical (unpaired) electrons. The molecule has 0 aliphatic heterocycles. The molecule has 2 N–H and O–H groups in total. The Morgan fingerprint density at radius 1 is 1.00 bits per heavy atom. The first kappa shape index (κ1) is 29.8. The van der Waals surface area contributed by atoms with Gasteiger partial charge in [0.25, 0.3) is 16.0 Å². The number of carbonyl (C=O) groups is 1. The Morgan fingerprint density at radius 2 is 1.43 bits per heavy atom. The third-order valence-corrected chi connectivity index (χ3v) is 6.94. The molecule has 0 bridgehead atoms. The van der Waals surface area contributed by atoms with Crippen LogP contribution < -0.4 is 14.8 Å². The highest BCUT2D eigenvalue weighted by Crippen LogP contribution is 2.24. The highest BCUT2D eigenvalue weighted by Gasteiger charge is 2.29. The first-order valence-corrected chi connectivity index (χ1v) is 13.1. The number of benzene rings is 2. The number of ether oxygens (including phenoxy) is 2. The van der Waals surface area contributed by atoms with E-state index in [2.05, 4.69) is 10.4 Å². The Kier molecular flexibility index (Phi) is 11.1. The maximum absolute atomic E-state index is 13.8. The molecule has 0 aliphatic carbocycles. The summed E-state index contributed by atoms with van der Waals surface area (Å²) in [6.07, 6.45) is 0. The van der Waals surface area contributed by atoms with Crippen molar-refractivity contribution < 1.29 is 27.8 Å². The number of aromatic nitrogens is 2. The highest BCUT2D eigenvalue weighted by atomic mass is 32.2. The number of hydrogen-bond donors (Lipinski definition) is 2. The van der Waals surface area contributed by atoms with Crippen molar-refractivity contribution in [1.82, 2.24) is 19.4 Å². The average molecular weight is 533 g/mol. The summed E-state index contributed by atoms with van der Waals surface area (Å²) in [5, 5.41) is 15.0. The summed E-state index contributed by atoms with van der Waals surface area (Å²) in [7, 11) is 1.15. The van der Waals surface area contributed by atoms with Crippen LogP contribution in [0.4, 0.5) is 0 Å². The van der Waals surface area contributed by atoms with Crippen molar-refractivity contribution in [2.24, 2.45) is 0 Å². The van der Waals surface area contributed by atoms with Crippen LogP contribution in [0.15, 0.2) is 59.6 Å². The molecule has 10 nitrogen and oxygen atoms in total. The molecule has 0 spiro atoms. The van der Waals surface area contributed by atoms with Crippen LogP contribution in [0.25, 0.3) is 0 Å². The molecule has 0 aliphatic rings. The van der Waals surface area contributed by atoms with E-state index >= 15 is 0 Å². The van der Waals surface area contributed by atoms with Crippen LogP contribution in [0, 0.1) is 0 Å². The summed E-state index contributed by atoms with van der Waals surface area (Å²) in [6, 6.07) is 16.5. The number of aliphatic carboxylic acids is 1. The Labute approximate surface area is 218 Å². The fraction of sp³-hybridized carbons (Fsp3) is 0.385. The lowest BCUT2D eigenvalue weighted by atomic mass is 10.2. The smallest absolute Gasteiger partial charge is 0.300 e. The van der Waals surface area contributed by atoms with Crippen molar-refractivity contribution in [2.75, 3.05) is 21.3 Å². The minimum Gasteiger partial charge on any atom is -0.497 e. The fourth-order valence-corrected chi connectivity index (χ4v) is 4.90. The molecule has 1 aromatic heterocycles. The van der Waals surface area contributed by atoms with Crippen molar-refractivity contribution in [2.45, 2.75) is 51.5 Å². The molecule has 3 rings (SSSR count). The second-order valence-electron chi connectivity index (χ2n) is 8.53. The molecule has 0 amide bonds. The number of nitrogens with zero attached hydrogens (tertiary/aromatic N) is 3. The van der Waals surface area contributed by atoms with Gasteiger partial charge in [0.1, 0.15) is 11.5 Å². The zero-order valence-corrected chi connectivity index (χ0v) is 22.9. The highest BCUT2D eigenvalue weighted by molar-refractivity contribution is 7.89. The van der Waals surface area contributed by atoms with E-state index in [-0.39, 0.29) is 24.2 Å². The van der Waals surface area contributed by atoms with Gasteiger partial charge in [-0.2, -0.15) is 9.40 Å². The van der Waals surface area contributed by atoms with Crippen molar-refractivity contribution in [3.8, 4) is 11.5 Å². The second-order valence-corrected chi connectivity index (χ2v) is 10.4. The van der Waals surface area contributed by atoms with Crippen molar-refractivity contribution in [3.05, 3.63) is 71.4 Å². The average Bonchev–Trinajstić information content (AvgIpc) is 3.30. The Bertz CT molecular complexity index is 1190. The summed E-state index contributed by atoms with van der Waals surface area (Å²) in [6.45, 7) is 5.98. The lowest BCUT2D eigenvalue weighted by Gasteiger charge is -2.22. The van der Waals surface area contributed by atoms with E-state index in [0.717, 1.165) is 35.2 Å². The van der Waals surface area contributed by atoms with Gasteiger partial charge in [0.2, 0.25) is 0 Å². The number of carboxylic acids is 1. The molecule has 202 valence electrons. The first-order chi connectivity index (χ1) is 17.5. The van der Waals surface area contributed by atoms with Crippen LogP contribution in [-0.2, 0) is 34.5 Å². The third-order valence-electron chi connectivity index (χ3n) is 5.28. The molecule has 11 heteroatoms. The number of sulfonamides is 1. The van der Waals surface area contributed by atoms with Gasteiger partial charge in [-0.15, -0.1) is 0 Å². The van der Waals surface area contributed by atoms with Gasteiger partial charge in [-0.3, -0.25) is 9.48 Å². The van der Waals surface area contributed by atoms with E-state index in [0.29, 0.717) is 6.54 Å². The topological polar surface area (TPSA) is 123 Å². The molecule has 0 saturated heterocycles. The SMILES string of the molecule is CC(=O)O.CNCc1cc(S(=O)(=O)N(Cc2ccc(OC)cc2)Cc2ccc(OC)cc2)nn1C(C)C. The molecule has 0 atom stereocenters. The van der Waals surface area contributed by atoms with Gasteiger partial charge in [-0.1, -0.05) is 24.3 Å². The lowest BCUT2D eigenvalue weighted by molar-refractivity contribution is -0.134. The van der Waals surface area contributed by atoms with Crippen LogP contribution in [0.3, 0.4) is 0 Å². The normalized spacial score (nSPS) is 11.2. The maximum Gasteiger partial charge on any atom is 0.300 e. The van der Waals surface area contributed by atoms with Gasteiger partial charge in [0, 0.05) is 38.7 Å². The molecule has 37 heavy (non-hydrogen) atoms. The Hall–Kier alpha value is -3.41. The third kappa shape index (κ3) is 8.59. The van der Waals surface area contributed by atoms with Gasteiger partial charge >= 0.3 is 0 Å². The molecule has 1 heterocycles. The van der Waals surface area contributed by atoms with E-state index in [4.69, 9.17) is 19.4 Å². The minimum atomic E-state index is -3.87. The van der Waals surface area contributed by atoms with Crippen LogP contribution >= 0.6 is 0 Å². The summed E-state index contributed by atoms with van der Waals surface area (Å²) in [5.41, 5.74) is 2.53. The summed E-state index contributed by atoms with van der Waals surface area (Å²) < 4.78 is 41.2. The number of methoxy groups -OCH3 is 2. The molecular weight excluding hydrogens is 496 g/mol. The van der Waals surface area contributed by atoms with Crippen molar-refractivity contribution in [3.63, 3.8) is 0 Å². The van der Waals surface area contributed by atoms with Crippen LogP contribution in [0.2, 0.25) is 0 Å². The largest absolute Gasteiger partial charge is 0.497 e. The summed E-state index contributed by atoms with van der Waals surface area (Å²) in [4.78, 5) is 9.00. The predicted molar refractivity (Wildman–Crippen MR) is 141 cm³/mol. The predicted octanol–water partition coefficient (Wildman–Crippen LogP) is 3.68. The minimum absolute atomic E-state index is 0.0360. The summed E-state index contributed by atoms with van der Waals surface area (Å²) in [5.74, 6) is 0.603. The molecule has 3 aromatic rings. The standard InChI is InChI=1S/C24H32N4O4S.C2H4O2/c1-18(2)28-21(15-25-3)14-24(26-28)33(29,30)27(16-19-6-10-22(31-4)11-7-19)17-20-8-12-23(32-5)13-9-20;1-2(3)4/h6-14,18,25H,15-17H2,1-5H3;1H3,(H,3,4).